The summed E-state index contributed by atoms with van der Waals surface area (Å²) in [4.78, 5) is 24.8. The lowest BCUT2D eigenvalue weighted by atomic mass is 10.1. The first-order valence-electron chi connectivity index (χ1n) is 7.65. The molecule has 126 valence electrons. The number of pyridine rings is 1. The van der Waals surface area contributed by atoms with Crippen molar-refractivity contribution in [2.75, 3.05) is 13.2 Å². The van der Waals surface area contributed by atoms with Gasteiger partial charge in [0.25, 0.3) is 0 Å². The summed E-state index contributed by atoms with van der Waals surface area (Å²) in [5.74, 6) is -0.136. The monoisotopic (exact) mass is 330 g/mol. The van der Waals surface area contributed by atoms with E-state index >= 15 is 0 Å². The zero-order chi connectivity index (χ0) is 17.4. The Hall–Kier alpha value is -2.90. The summed E-state index contributed by atoms with van der Waals surface area (Å²) in [5.41, 5.74) is 1.42. The highest BCUT2D eigenvalue weighted by molar-refractivity contribution is 6.06. The van der Waals surface area contributed by atoms with Crippen LogP contribution in [0.5, 0.6) is 5.75 Å². The molecule has 1 aromatic carbocycles. The first-order valence-corrected chi connectivity index (χ1v) is 7.65. The fourth-order valence-electron chi connectivity index (χ4n) is 2.80. The third kappa shape index (κ3) is 2.31. The van der Waals surface area contributed by atoms with Gasteiger partial charge in [-0.1, -0.05) is 5.21 Å². The van der Waals surface area contributed by atoms with E-state index in [1.165, 1.54) is 6.20 Å². The summed E-state index contributed by atoms with van der Waals surface area (Å²) < 4.78 is 13.9. The summed E-state index contributed by atoms with van der Waals surface area (Å²) in [5, 5.41) is 8.53. The van der Waals surface area contributed by atoms with Crippen LogP contribution >= 0.6 is 0 Å². The van der Waals surface area contributed by atoms with Gasteiger partial charge in [0, 0.05) is 20.3 Å². The van der Waals surface area contributed by atoms with E-state index in [4.69, 9.17) is 9.47 Å². The molecule has 3 aromatic rings. The van der Waals surface area contributed by atoms with Gasteiger partial charge in [0.05, 0.1) is 24.1 Å². The highest BCUT2D eigenvalue weighted by Gasteiger charge is 2.21. The van der Waals surface area contributed by atoms with E-state index in [2.05, 4.69) is 10.3 Å². The molecule has 8 heteroatoms. The second kappa shape index (κ2) is 5.95. The van der Waals surface area contributed by atoms with Crippen LogP contribution in [-0.4, -0.2) is 38.7 Å². The van der Waals surface area contributed by atoms with Crippen molar-refractivity contribution in [2.45, 2.75) is 13.8 Å². The number of benzene rings is 1. The normalized spacial score (nSPS) is 11.2. The van der Waals surface area contributed by atoms with Crippen LogP contribution in [0.1, 0.15) is 24.2 Å². The topological polar surface area (TPSA) is 88.2 Å². The van der Waals surface area contributed by atoms with Crippen LogP contribution in [0, 0.1) is 0 Å². The van der Waals surface area contributed by atoms with E-state index in [-0.39, 0.29) is 12.2 Å². The Morgan fingerprint density at radius 1 is 1.21 bits per heavy atom. The summed E-state index contributed by atoms with van der Waals surface area (Å²) in [6.07, 6.45) is 1.47. The van der Waals surface area contributed by atoms with Crippen molar-refractivity contribution in [3.63, 3.8) is 0 Å². The second-order valence-corrected chi connectivity index (χ2v) is 5.32. The molecule has 0 saturated heterocycles. The summed E-state index contributed by atoms with van der Waals surface area (Å²) in [6.45, 7) is 4.18. The van der Waals surface area contributed by atoms with Crippen molar-refractivity contribution in [1.82, 2.24) is 19.6 Å². The van der Waals surface area contributed by atoms with Gasteiger partial charge in [-0.3, -0.25) is 4.79 Å². The molecule has 0 saturated carbocycles. The van der Waals surface area contributed by atoms with E-state index < -0.39 is 11.4 Å². The van der Waals surface area contributed by atoms with Crippen molar-refractivity contribution in [3.8, 4) is 5.75 Å². The first kappa shape index (κ1) is 16.0. The van der Waals surface area contributed by atoms with E-state index in [1.54, 1.807) is 36.3 Å². The Balaban J connectivity index is 2.43. The van der Waals surface area contributed by atoms with E-state index in [9.17, 15) is 9.59 Å². The number of fused-ring (bicyclic) bond motifs is 3. The van der Waals surface area contributed by atoms with Gasteiger partial charge >= 0.3 is 5.97 Å². The third-order valence-corrected chi connectivity index (χ3v) is 3.77. The Labute approximate surface area is 137 Å². The predicted molar refractivity (Wildman–Crippen MR) is 88.4 cm³/mol. The van der Waals surface area contributed by atoms with E-state index in [1.807, 2.05) is 6.92 Å². The molecule has 0 atom stereocenters. The summed E-state index contributed by atoms with van der Waals surface area (Å²) >= 11 is 0. The number of ether oxygens (including phenoxy) is 2. The molecule has 0 aliphatic carbocycles. The minimum Gasteiger partial charge on any atom is -0.492 e. The van der Waals surface area contributed by atoms with Gasteiger partial charge in [-0.2, -0.15) is 0 Å². The van der Waals surface area contributed by atoms with Crippen LogP contribution in [0.25, 0.3) is 21.9 Å². The molecule has 24 heavy (non-hydrogen) atoms. The standard InChI is InChI=1S/C16H18N4O4/c1-5-23-11-7-9-13(12-14(11)20(4)18-17-12)19(3)8-10(15(9)21)16(22)24-6-2/h7-8H,5-6H2,1-4H3. The van der Waals surface area contributed by atoms with Crippen LogP contribution in [0.4, 0.5) is 0 Å². The number of rotatable bonds is 4. The molecule has 8 nitrogen and oxygen atoms in total. The highest BCUT2D eigenvalue weighted by Crippen LogP contribution is 2.30. The number of aromatic nitrogens is 4. The van der Waals surface area contributed by atoms with Crippen molar-refractivity contribution >= 4 is 27.9 Å². The molecule has 0 fully saturated rings. The number of hydrogen-bond acceptors (Lipinski definition) is 6. The first-order chi connectivity index (χ1) is 11.5. The maximum atomic E-state index is 12.8. The van der Waals surface area contributed by atoms with Crippen LogP contribution in [0.2, 0.25) is 0 Å². The Kier molecular flexibility index (Phi) is 3.96. The predicted octanol–water partition coefficient (Wildman–Crippen LogP) is 1.40. The molecule has 0 unspecified atom stereocenters. The number of carbonyl (C=O) groups is 1. The molecule has 2 heterocycles. The smallest absolute Gasteiger partial charge is 0.343 e. The molecular formula is C16H18N4O4. The Morgan fingerprint density at radius 3 is 2.62 bits per heavy atom. The van der Waals surface area contributed by atoms with E-state index in [0.29, 0.717) is 34.3 Å². The van der Waals surface area contributed by atoms with Gasteiger partial charge in [-0.15, -0.1) is 5.10 Å². The SMILES string of the molecule is CCOC(=O)c1cn(C)c2c(cc(OCC)c3c2nnn3C)c1=O. The number of hydrogen-bond donors (Lipinski definition) is 0. The molecule has 0 radical (unpaired) electrons. The Morgan fingerprint density at radius 2 is 1.96 bits per heavy atom. The maximum Gasteiger partial charge on any atom is 0.343 e. The zero-order valence-electron chi connectivity index (χ0n) is 14.0. The molecule has 3 rings (SSSR count). The minimum absolute atomic E-state index is 0.0162. The van der Waals surface area contributed by atoms with Crippen LogP contribution in [0.3, 0.4) is 0 Å². The van der Waals surface area contributed by atoms with Gasteiger partial charge in [0.1, 0.15) is 22.3 Å². The fraction of sp³-hybridized carbons (Fsp3) is 0.375. The molecule has 2 aromatic heterocycles. The largest absolute Gasteiger partial charge is 0.492 e. The molecule has 0 amide bonds. The lowest BCUT2D eigenvalue weighted by molar-refractivity contribution is 0.0524. The second-order valence-electron chi connectivity index (χ2n) is 5.32. The molecule has 0 aliphatic rings. The zero-order valence-corrected chi connectivity index (χ0v) is 14.0. The van der Waals surface area contributed by atoms with Crippen molar-refractivity contribution in [1.29, 1.82) is 0 Å². The molecule has 0 N–H and O–H groups in total. The van der Waals surface area contributed by atoms with Crippen molar-refractivity contribution in [2.24, 2.45) is 14.1 Å². The van der Waals surface area contributed by atoms with Gasteiger partial charge in [0.2, 0.25) is 5.43 Å². The maximum absolute atomic E-state index is 12.8. The van der Waals surface area contributed by atoms with Crippen LogP contribution in [-0.2, 0) is 18.8 Å². The lowest BCUT2D eigenvalue weighted by Gasteiger charge is -2.12. The van der Waals surface area contributed by atoms with Crippen molar-refractivity contribution < 1.29 is 14.3 Å². The third-order valence-electron chi connectivity index (χ3n) is 3.77. The summed E-state index contributed by atoms with van der Waals surface area (Å²) in [7, 11) is 3.51. The fourth-order valence-corrected chi connectivity index (χ4v) is 2.80. The van der Waals surface area contributed by atoms with Gasteiger partial charge < -0.3 is 14.0 Å². The summed E-state index contributed by atoms with van der Waals surface area (Å²) in [6, 6.07) is 1.63. The number of carbonyl (C=O) groups excluding carboxylic acids is 1. The van der Waals surface area contributed by atoms with Gasteiger partial charge in [-0.05, 0) is 19.9 Å². The number of nitrogens with zero attached hydrogens (tertiary/aromatic N) is 4. The highest BCUT2D eigenvalue weighted by atomic mass is 16.5. The van der Waals surface area contributed by atoms with Gasteiger partial charge in [0.15, 0.2) is 0 Å². The quantitative estimate of drug-likeness (QED) is 0.672. The van der Waals surface area contributed by atoms with E-state index in [0.717, 1.165) is 0 Å². The number of aryl methyl sites for hydroxylation is 2. The average molecular weight is 330 g/mol. The minimum atomic E-state index is -0.641. The lowest BCUT2D eigenvalue weighted by Crippen LogP contribution is -2.20. The average Bonchev–Trinajstić information content (AvgIpc) is 2.93. The van der Waals surface area contributed by atoms with Crippen LogP contribution < -0.4 is 10.2 Å². The number of esters is 1. The van der Waals surface area contributed by atoms with Crippen molar-refractivity contribution in [3.05, 3.63) is 28.0 Å². The molecule has 0 bridgehead atoms. The Bertz CT molecular complexity index is 1000. The van der Waals surface area contributed by atoms with Crippen LogP contribution in [0.15, 0.2) is 17.1 Å². The molecule has 0 aliphatic heterocycles. The molecule has 0 spiro atoms. The molecular weight excluding hydrogens is 312 g/mol. The van der Waals surface area contributed by atoms with Gasteiger partial charge in [-0.25, -0.2) is 9.48 Å².